The maximum atomic E-state index is 10.4. The molecular weight excluding hydrogens is 164 g/mol. The number of carboxylic acid groups (broad SMARTS) is 1. The van der Waals surface area contributed by atoms with Gasteiger partial charge < -0.3 is 5.11 Å². The van der Waals surface area contributed by atoms with E-state index in [9.17, 15) is 4.79 Å². The lowest BCUT2D eigenvalue weighted by Gasteiger charge is -2.33. The molecule has 0 spiro atoms. The van der Waals surface area contributed by atoms with Gasteiger partial charge in [-0.2, -0.15) is 0 Å². The molecule has 0 amide bonds. The van der Waals surface area contributed by atoms with E-state index in [0.717, 1.165) is 24.3 Å². The van der Waals surface area contributed by atoms with Crippen molar-refractivity contribution in [2.45, 2.75) is 26.2 Å². The summed E-state index contributed by atoms with van der Waals surface area (Å²) in [6, 6.07) is 0. The molecule has 0 aliphatic heterocycles. The van der Waals surface area contributed by atoms with Crippen LogP contribution >= 0.6 is 0 Å². The Hall–Kier alpha value is -1.05. The zero-order chi connectivity index (χ0) is 9.42. The first kappa shape index (κ1) is 8.54. The highest BCUT2D eigenvalue weighted by Gasteiger charge is 2.38. The van der Waals surface area contributed by atoms with Crippen molar-refractivity contribution in [2.24, 2.45) is 11.8 Å². The maximum absolute atomic E-state index is 10.4. The molecule has 1 saturated carbocycles. The van der Waals surface area contributed by atoms with Crippen LogP contribution in [0.1, 0.15) is 26.2 Å². The van der Waals surface area contributed by atoms with Gasteiger partial charge in [-0.25, -0.2) is 4.79 Å². The number of hydrogen-bond donors (Lipinski definition) is 1. The zero-order valence-electron chi connectivity index (χ0n) is 7.79. The highest BCUT2D eigenvalue weighted by atomic mass is 16.4. The summed E-state index contributed by atoms with van der Waals surface area (Å²) in [5, 5.41) is 8.59. The normalized spacial score (nSPS) is 33.9. The third-order valence-corrected chi connectivity index (χ3v) is 3.14. The Bertz CT molecular complexity index is 299. The third-order valence-electron chi connectivity index (χ3n) is 3.14. The summed E-state index contributed by atoms with van der Waals surface area (Å²) in [6.45, 7) is 2.16. The van der Waals surface area contributed by atoms with Crippen LogP contribution in [-0.4, -0.2) is 11.1 Å². The number of carbonyl (C=O) groups is 1. The van der Waals surface area contributed by atoms with Gasteiger partial charge in [0.1, 0.15) is 0 Å². The van der Waals surface area contributed by atoms with Gasteiger partial charge in [0.25, 0.3) is 0 Å². The second-order valence-corrected chi connectivity index (χ2v) is 3.93. The molecule has 2 heteroatoms. The molecule has 2 aliphatic rings. The van der Waals surface area contributed by atoms with Crippen LogP contribution in [0, 0.1) is 11.8 Å². The lowest BCUT2D eigenvalue weighted by molar-refractivity contribution is -0.131. The van der Waals surface area contributed by atoms with E-state index >= 15 is 0 Å². The van der Waals surface area contributed by atoms with Gasteiger partial charge in [0.15, 0.2) is 0 Å². The molecule has 2 rings (SSSR count). The summed E-state index contributed by atoms with van der Waals surface area (Å²) < 4.78 is 0. The number of carboxylic acids is 1. The number of rotatable bonds is 2. The van der Waals surface area contributed by atoms with Crippen molar-refractivity contribution in [2.75, 3.05) is 0 Å². The van der Waals surface area contributed by atoms with Gasteiger partial charge in [-0.3, -0.25) is 0 Å². The van der Waals surface area contributed by atoms with Crippen LogP contribution in [0.3, 0.4) is 0 Å². The maximum Gasteiger partial charge on any atom is 0.328 e. The minimum Gasteiger partial charge on any atom is -0.478 e. The number of fused-ring (bicyclic) bond motifs is 1. The third kappa shape index (κ3) is 1.41. The van der Waals surface area contributed by atoms with E-state index < -0.39 is 5.97 Å². The fourth-order valence-corrected chi connectivity index (χ4v) is 2.38. The number of allylic oxidation sites excluding steroid dienone is 3. The number of hydrogen-bond acceptors (Lipinski definition) is 1. The first-order valence-corrected chi connectivity index (χ1v) is 4.83. The Balaban J connectivity index is 2.09. The summed E-state index contributed by atoms with van der Waals surface area (Å²) >= 11 is 0. The van der Waals surface area contributed by atoms with Gasteiger partial charge in [-0.05, 0) is 25.2 Å². The molecule has 2 atom stereocenters. The highest BCUT2D eigenvalue weighted by Crippen LogP contribution is 2.49. The molecule has 0 bridgehead atoms. The van der Waals surface area contributed by atoms with Crippen LogP contribution in [-0.2, 0) is 4.79 Å². The Morgan fingerprint density at radius 2 is 2.46 bits per heavy atom. The predicted molar refractivity (Wildman–Crippen MR) is 50.3 cm³/mol. The lowest BCUT2D eigenvalue weighted by atomic mass is 9.71. The van der Waals surface area contributed by atoms with Crippen molar-refractivity contribution in [3.05, 3.63) is 23.3 Å². The van der Waals surface area contributed by atoms with Crippen molar-refractivity contribution in [1.82, 2.24) is 0 Å². The summed E-state index contributed by atoms with van der Waals surface area (Å²) in [4.78, 5) is 10.4. The minimum absolute atomic E-state index is 0.464. The Labute approximate surface area is 78.0 Å². The molecule has 0 heterocycles. The van der Waals surface area contributed by atoms with E-state index in [1.807, 2.05) is 0 Å². The van der Waals surface area contributed by atoms with Gasteiger partial charge in [0.2, 0.25) is 0 Å². The van der Waals surface area contributed by atoms with Crippen LogP contribution in [0.25, 0.3) is 0 Å². The van der Waals surface area contributed by atoms with Gasteiger partial charge in [0.05, 0.1) is 0 Å². The predicted octanol–water partition coefficient (Wildman–Crippen LogP) is 2.37. The molecule has 2 nitrogen and oxygen atoms in total. The summed E-state index contributed by atoms with van der Waals surface area (Å²) in [6.07, 6.45) is 6.96. The van der Waals surface area contributed by atoms with E-state index in [4.69, 9.17) is 5.11 Å². The van der Waals surface area contributed by atoms with E-state index in [0.29, 0.717) is 5.92 Å². The Kier molecular flexibility index (Phi) is 1.98. The van der Waals surface area contributed by atoms with Gasteiger partial charge >= 0.3 is 5.97 Å². The van der Waals surface area contributed by atoms with E-state index in [-0.39, 0.29) is 0 Å². The van der Waals surface area contributed by atoms with Crippen LogP contribution in [0.15, 0.2) is 23.3 Å². The summed E-state index contributed by atoms with van der Waals surface area (Å²) in [5.41, 5.74) is 2.62. The zero-order valence-corrected chi connectivity index (χ0v) is 7.79. The van der Waals surface area contributed by atoms with Crippen molar-refractivity contribution in [3.63, 3.8) is 0 Å². The molecule has 0 radical (unpaired) electrons. The molecule has 0 aromatic heterocycles. The van der Waals surface area contributed by atoms with Crippen LogP contribution in [0.4, 0.5) is 0 Å². The van der Waals surface area contributed by atoms with Crippen molar-refractivity contribution >= 4 is 5.97 Å². The molecule has 70 valence electrons. The van der Waals surface area contributed by atoms with Gasteiger partial charge in [0, 0.05) is 12.0 Å². The molecule has 0 saturated heterocycles. The van der Waals surface area contributed by atoms with Crippen molar-refractivity contribution in [1.29, 1.82) is 0 Å². The monoisotopic (exact) mass is 178 g/mol. The largest absolute Gasteiger partial charge is 0.478 e. The lowest BCUT2D eigenvalue weighted by Crippen LogP contribution is -2.24. The fourth-order valence-electron chi connectivity index (χ4n) is 2.38. The molecule has 1 N–H and O–H groups in total. The van der Waals surface area contributed by atoms with Gasteiger partial charge in [-0.15, -0.1) is 0 Å². The Morgan fingerprint density at radius 1 is 1.69 bits per heavy atom. The molecular formula is C11H14O2. The topological polar surface area (TPSA) is 37.3 Å². The first-order chi connectivity index (χ1) is 6.20. The highest BCUT2D eigenvalue weighted by molar-refractivity contribution is 5.81. The quantitative estimate of drug-likeness (QED) is 0.520. The van der Waals surface area contributed by atoms with Crippen LogP contribution in [0.5, 0.6) is 0 Å². The first-order valence-electron chi connectivity index (χ1n) is 4.83. The average molecular weight is 178 g/mol. The second-order valence-electron chi connectivity index (χ2n) is 3.93. The van der Waals surface area contributed by atoms with Gasteiger partial charge in [-0.1, -0.05) is 24.1 Å². The molecule has 1 unspecified atom stereocenters. The summed E-state index contributed by atoms with van der Waals surface area (Å²) in [7, 11) is 0. The van der Waals surface area contributed by atoms with E-state index in [1.54, 1.807) is 0 Å². The molecule has 2 aliphatic carbocycles. The smallest absolute Gasteiger partial charge is 0.328 e. The second kappa shape index (κ2) is 3.02. The molecule has 13 heavy (non-hydrogen) atoms. The molecule has 1 fully saturated rings. The van der Waals surface area contributed by atoms with E-state index in [1.165, 1.54) is 18.1 Å². The Morgan fingerprint density at radius 3 is 3.08 bits per heavy atom. The molecule has 0 aromatic rings. The standard InChI is InChI=1S/C11H14O2/c1-2-7-3-8-5-9(6-11(12)13)10(8)4-7/h4,6,8,10H,2-3,5H2,1H3,(H,12,13)/t8?,10-/m0/s1. The molecule has 0 aromatic carbocycles. The van der Waals surface area contributed by atoms with Crippen LogP contribution < -0.4 is 0 Å². The van der Waals surface area contributed by atoms with Crippen molar-refractivity contribution < 1.29 is 9.90 Å². The van der Waals surface area contributed by atoms with E-state index in [2.05, 4.69) is 13.0 Å². The SMILES string of the molecule is CCC1=C[C@@H]2C(=CC(=O)O)CC2C1. The number of aliphatic carboxylic acids is 1. The van der Waals surface area contributed by atoms with Crippen LogP contribution in [0.2, 0.25) is 0 Å². The minimum atomic E-state index is -0.799. The summed E-state index contributed by atoms with van der Waals surface area (Å²) in [5.74, 6) is 0.387. The fraction of sp³-hybridized carbons (Fsp3) is 0.545. The van der Waals surface area contributed by atoms with Crippen molar-refractivity contribution in [3.8, 4) is 0 Å². The average Bonchev–Trinajstić information content (AvgIpc) is 2.38.